The number of rotatable bonds is 5. The molecule has 1 aliphatic rings. The molecular weight excluding hydrogens is 460 g/mol. The summed E-state index contributed by atoms with van der Waals surface area (Å²) in [5.41, 5.74) is 1.75. The van der Waals surface area contributed by atoms with E-state index in [4.69, 9.17) is 4.74 Å². The lowest BCUT2D eigenvalue weighted by Gasteiger charge is -2.27. The number of carbonyl (C=O) groups excluding carboxylic acids is 2. The summed E-state index contributed by atoms with van der Waals surface area (Å²) in [7, 11) is 1.50. The van der Waals surface area contributed by atoms with Crippen LogP contribution in [-0.2, 0) is 16.1 Å². The number of nitrogens with one attached hydrogen (secondary N) is 1. The van der Waals surface area contributed by atoms with Crippen LogP contribution in [0.3, 0.4) is 0 Å². The number of aromatic nitrogens is 1. The first-order chi connectivity index (χ1) is 15.0. The molecule has 1 fully saturated rings. The fourth-order valence-electron chi connectivity index (χ4n) is 3.67. The van der Waals surface area contributed by atoms with Crippen molar-refractivity contribution in [2.75, 3.05) is 7.11 Å². The number of Topliss-reactive ketones (excluding diaryl/α,β-unsaturated/α-hetero) is 1. The fourth-order valence-corrected chi connectivity index (χ4v) is 3.93. The van der Waals surface area contributed by atoms with Gasteiger partial charge in [-0.1, -0.05) is 46.0 Å². The lowest BCUT2D eigenvalue weighted by atomic mass is 9.95. The number of halogens is 1. The summed E-state index contributed by atoms with van der Waals surface area (Å²) >= 11 is 3.40. The Morgan fingerprint density at radius 3 is 2.58 bits per heavy atom. The Hall–Kier alpha value is -3.45. The molecule has 0 bridgehead atoms. The molecule has 1 aromatic heterocycles. The minimum Gasteiger partial charge on any atom is -0.872 e. The first kappa shape index (κ1) is 20.8. The Kier molecular flexibility index (Phi) is 5.86. The highest BCUT2D eigenvalue weighted by Crippen LogP contribution is 2.40. The maximum atomic E-state index is 13.4. The van der Waals surface area contributed by atoms with Crippen molar-refractivity contribution < 1.29 is 24.4 Å². The molecule has 1 atom stereocenters. The average molecular weight is 479 g/mol. The van der Waals surface area contributed by atoms with Crippen molar-refractivity contribution in [1.29, 1.82) is 0 Å². The van der Waals surface area contributed by atoms with E-state index >= 15 is 0 Å². The minimum absolute atomic E-state index is 0.0551. The molecule has 31 heavy (non-hydrogen) atoms. The number of methoxy groups -OCH3 is 1. The molecule has 4 rings (SSSR count). The second-order valence-corrected chi connectivity index (χ2v) is 8.02. The van der Waals surface area contributed by atoms with Gasteiger partial charge in [-0.15, -0.1) is 0 Å². The number of benzene rings is 2. The van der Waals surface area contributed by atoms with E-state index < -0.39 is 23.5 Å². The number of hydrogen-bond acceptors (Lipinski definition) is 4. The van der Waals surface area contributed by atoms with E-state index in [1.807, 2.05) is 36.4 Å². The number of likely N-dealkylation sites (tertiary alicyclic amines) is 1. The van der Waals surface area contributed by atoms with Crippen LogP contribution >= 0.6 is 15.9 Å². The Morgan fingerprint density at radius 2 is 1.90 bits per heavy atom. The molecule has 0 saturated carbocycles. The van der Waals surface area contributed by atoms with Gasteiger partial charge < -0.3 is 14.7 Å². The van der Waals surface area contributed by atoms with Gasteiger partial charge in [-0.3, -0.25) is 9.59 Å². The van der Waals surface area contributed by atoms with Crippen molar-refractivity contribution in [2.24, 2.45) is 0 Å². The number of hydrogen-bond donors (Lipinski definition) is 0. The summed E-state index contributed by atoms with van der Waals surface area (Å²) in [6, 6.07) is 16.7. The summed E-state index contributed by atoms with van der Waals surface area (Å²) < 4.78 is 6.07. The zero-order chi connectivity index (χ0) is 22.0. The Bertz CT molecular complexity index is 1160. The summed E-state index contributed by atoms with van der Waals surface area (Å²) in [5, 5.41) is 13.4. The van der Waals surface area contributed by atoms with Crippen LogP contribution in [0.2, 0.25) is 0 Å². The predicted molar refractivity (Wildman–Crippen MR) is 115 cm³/mol. The predicted octanol–water partition coefficient (Wildman–Crippen LogP) is 2.70. The summed E-state index contributed by atoms with van der Waals surface area (Å²) in [4.78, 5) is 30.4. The number of ketones is 1. The fraction of sp³-hybridized carbons (Fsp3) is 0.125. The van der Waals surface area contributed by atoms with E-state index in [1.165, 1.54) is 12.0 Å². The van der Waals surface area contributed by atoms with Gasteiger partial charge in [0.05, 0.1) is 19.7 Å². The van der Waals surface area contributed by atoms with Gasteiger partial charge in [0, 0.05) is 21.7 Å². The van der Waals surface area contributed by atoms with Crippen molar-refractivity contribution in [2.45, 2.75) is 12.6 Å². The van der Waals surface area contributed by atoms with Crippen LogP contribution in [0.1, 0.15) is 22.7 Å². The van der Waals surface area contributed by atoms with Gasteiger partial charge in [-0.05, 0) is 41.5 Å². The maximum absolute atomic E-state index is 13.4. The molecule has 3 aromatic rings. The van der Waals surface area contributed by atoms with Crippen molar-refractivity contribution in [3.63, 3.8) is 0 Å². The lowest BCUT2D eigenvalue weighted by molar-refractivity contribution is -0.378. The molecule has 1 aliphatic heterocycles. The second-order valence-electron chi connectivity index (χ2n) is 7.10. The van der Waals surface area contributed by atoms with Gasteiger partial charge in [0.1, 0.15) is 5.75 Å². The largest absolute Gasteiger partial charge is 0.872 e. The first-order valence-electron chi connectivity index (χ1n) is 9.61. The summed E-state index contributed by atoms with van der Waals surface area (Å²) in [5.74, 6) is -1.45. The number of carbonyl (C=O) groups is 2. The molecule has 1 saturated heterocycles. The summed E-state index contributed by atoms with van der Waals surface area (Å²) in [6.07, 6.45) is 3.52. The molecule has 0 spiro atoms. The zero-order valence-corrected chi connectivity index (χ0v) is 18.3. The lowest BCUT2D eigenvalue weighted by Crippen LogP contribution is -2.29. The Labute approximate surface area is 187 Å². The molecule has 156 valence electrons. The van der Waals surface area contributed by atoms with E-state index in [1.54, 1.807) is 36.7 Å². The molecule has 1 amide bonds. The molecule has 2 aromatic carbocycles. The Balaban J connectivity index is 1.86. The van der Waals surface area contributed by atoms with Gasteiger partial charge >= 0.3 is 0 Å². The zero-order valence-electron chi connectivity index (χ0n) is 16.7. The third-order valence-electron chi connectivity index (χ3n) is 5.17. The molecule has 6 nitrogen and oxygen atoms in total. The van der Waals surface area contributed by atoms with E-state index in [2.05, 4.69) is 20.9 Å². The van der Waals surface area contributed by atoms with E-state index in [9.17, 15) is 14.7 Å². The number of H-pyrrole nitrogens is 1. The van der Waals surface area contributed by atoms with Crippen molar-refractivity contribution in [1.82, 2.24) is 4.90 Å². The SMILES string of the molecule is COc1cccc(C([O-])=C2C(=O)C(=O)N(Cc3ccc[nH+]c3)C2c2ccc(Br)cc2)c1. The quantitative estimate of drug-likeness (QED) is 0.320. The third kappa shape index (κ3) is 4.09. The smallest absolute Gasteiger partial charge is 0.295 e. The highest BCUT2D eigenvalue weighted by molar-refractivity contribution is 9.10. The topological polar surface area (TPSA) is 83.8 Å². The normalized spacial score (nSPS) is 17.7. The maximum Gasteiger partial charge on any atom is 0.295 e. The molecule has 7 heteroatoms. The van der Waals surface area contributed by atoms with Crippen LogP contribution in [0.25, 0.3) is 5.76 Å². The number of pyridine rings is 1. The van der Waals surface area contributed by atoms with E-state index in [0.717, 1.165) is 10.0 Å². The summed E-state index contributed by atoms with van der Waals surface area (Å²) in [6.45, 7) is 0.192. The van der Waals surface area contributed by atoms with Crippen molar-refractivity contribution in [3.05, 3.63) is 99.8 Å². The van der Waals surface area contributed by atoms with E-state index in [-0.39, 0.29) is 12.1 Å². The Morgan fingerprint density at radius 1 is 1.13 bits per heavy atom. The van der Waals surface area contributed by atoms with Gasteiger partial charge in [0.2, 0.25) is 5.78 Å². The average Bonchev–Trinajstić information content (AvgIpc) is 3.05. The minimum atomic E-state index is -0.785. The third-order valence-corrected chi connectivity index (χ3v) is 5.70. The number of aromatic amines is 1. The molecule has 1 unspecified atom stereocenters. The van der Waals surface area contributed by atoms with Crippen LogP contribution in [0.5, 0.6) is 5.75 Å². The number of amides is 1. The van der Waals surface area contributed by atoms with Crippen molar-refractivity contribution >= 4 is 33.4 Å². The number of ether oxygens (including phenoxy) is 1. The molecule has 2 heterocycles. The monoisotopic (exact) mass is 478 g/mol. The molecule has 0 aliphatic carbocycles. The van der Waals surface area contributed by atoms with Crippen LogP contribution in [0.15, 0.2) is 83.1 Å². The highest BCUT2D eigenvalue weighted by Gasteiger charge is 2.44. The van der Waals surface area contributed by atoms with Crippen LogP contribution in [0.4, 0.5) is 0 Å². The van der Waals surface area contributed by atoms with E-state index in [0.29, 0.717) is 16.9 Å². The van der Waals surface area contributed by atoms with Crippen LogP contribution in [-0.4, -0.2) is 23.7 Å². The van der Waals surface area contributed by atoms with Gasteiger partial charge in [0.15, 0.2) is 12.4 Å². The van der Waals surface area contributed by atoms with Crippen LogP contribution in [0, 0.1) is 0 Å². The second kappa shape index (κ2) is 8.73. The molecular formula is C24H19BrN2O4. The van der Waals surface area contributed by atoms with Gasteiger partial charge in [-0.25, -0.2) is 4.98 Å². The molecule has 0 radical (unpaired) electrons. The first-order valence-corrected chi connectivity index (χ1v) is 10.4. The van der Waals surface area contributed by atoms with Crippen LogP contribution < -0.4 is 14.8 Å². The van der Waals surface area contributed by atoms with Crippen molar-refractivity contribution in [3.8, 4) is 5.75 Å². The standard InChI is InChI=1S/C24H19BrN2O4/c1-31-19-6-2-5-17(12-19)22(28)20-21(16-7-9-18(25)10-8-16)27(24(30)23(20)29)14-15-4-3-11-26-13-15/h2-13,21,28H,14H2,1H3. The molecule has 1 N–H and O–H groups in total. The van der Waals surface area contributed by atoms with Gasteiger partial charge in [0.25, 0.3) is 5.91 Å². The highest BCUT2D eigenvalue weighted by atomic mass is 79.9. The number of nitrogens with zero attached hydrogens (tertiary/aromatic N) is 1. The van der Waals surface area contributed by atoms with Gasteiger partial charge in [-0.2, -0.15) is 0 Å².